The van der Waals surface area contributed by atoms with E-state index in [2.05, 4.69) is 0 Å². The van der Waals surface area contributed by atoms with Gasteiger partial charge < -0.3 is 0 Å². The number of imide groups is 1. The van der Waals surface area contributed by atoms with Crippen LogP contribution in [0.15, 0.2) is 36.4 Å². The highest BCUT2D eigenvalue weighted by Gasteiger charge is 2.50. The molecule has 0 unspecified atom stereocenters. The van der Waals surface area contributed by atoms with E-state index in [0.29, 0.717) is 0 Å². The number of fused-ring (bicyclic) bond motifs is 2. The quantitative estimate of drug-likeness (QED) is 0.127. The molecule has 0 aromatic heterocycles. The van der Waals surface area contributed by atoms with E-state index in [0.717, 1.165) is 16.3 Å². The minimum absolute atomic E-state index is 0.235. The Morgan fingerprint density at radius 3 is 1.83 bits per heavy atom. The van der Waals surface area contributed by atoms with E-state index in [4.69, 9.17) is 11.6 Å². The average Bonchev–Trinajstić information content (AvgIpc) is 2.97. The molecule has 6 rings (SSSR count). The van der Waals surface area contributed by atoms with Crippen LogP contribution in [-0.2, 0) is 0 Å². The minimum Gasteiger partial charge on any atom is -0.268 e. The van der Waals surface area contributed by atoms with Crippen molar-refractivity contribution in [3.05, 3.63) is 81.9 Å². The molecule has 3 aliphatic carbocycles. The van der Waals surface area contributed by atoms with E-state index < -0.39 is 57.5 Å². The molecule has 2 aromatic carbocycles. The smallest absolute Gasteiger partial charge is 0.268 e. The lowest BCUT2D eigenvalue weighted by Gasteiger charge is -2.43. The Bertz CT molecular complexity index is 1100. The monoisotopic (exact) mass is 439 g/mol. The second-order valence-electron chi connectivity index (χ2n) is 6.98. The molecule has 1 heterocycles. The first kappa shape index (κ1) is 18.7. The van der Waals surface area contributed by atoms with Crippen LogP contribution in [0.25, 0.3) is 0 Å². The van der Waals surface area contributed by atoms with Gasteiger partial charge >= 0.3 is 0 Å². The van der Waals surface area contributed by atoms with E-state index in [1.807, 2.05) is 0 Å². The number of carbonyl (C=O) groups is 2. The zero-order chi connectivity index (χ0) is 20.6. The number of hydrogen-bond donors (Lipinski definition) is 0. The van der Waals surface area contributed by atoms with Crippen molar-refractivity contribution in [2.75, 3.05) is 0 Å². The van der Waals surface area contributed by atoms with E-state index >= 15 is 0 Å². The molecule has 2 amide bonds. The molecular weight excluding hydrogens is 430 g/mol. The summed E-state index contributed by atoms with van der Waals surface area (Å²) in [4.78, 5) is 25.3. The molecule has 0 fully saturated rings. The molecule has 3 nitrogen and oxygen atoms in total. The van der Waals surface area contributed by atoms with Crippen molar-refractivity contribution in [1.82, 2.24) is 4.31 Å². The number of benzene rings is 2. The van der Waals surface area contributed by atoms with Gasteiger partial charge in [0.2, 0.25) is 0 Å². The largest absolute Gasteiger partial charge is 0.271 e. The summed E-state index contributed by atoms with van der Waals surface area (Å²) in [6.07, 6.45) is 3.05. The van der Waals surface area contributed by atoms with Gasteiger partial charge in [0, 0.05) is 23.0 Å². The number of alkyl halides is 1. The molecule has 2 aromatic rings. The molecule has 0 spiro atoms. The maximum Gasteiger partial charge on any atom is 0.271 e. The highest BCUT2D eigenvalue weighted by atomic mass is 35.5. The molecule has 4 aliphatic rings. The van der Waals surface area contributed by atoms with Crippen LogP contribution in [0.5, 0.6) is 0 Å². The molecule has 0 saturated carbocycles. The fraction of sp³-hybridized carbons (Fsp3) is 0.200. The summed E-state index contributed by atoms with van der Waals surface area (Å²) in [5.74, 6) is -9.65. The summed E-state index contributed by atoms with van der Waals surface area (Å²) in [7, 11) is 0. The van der Waals surface area contributed by atoms with Gasteiger partial charge in [0.05, 0.1) is 21.8 Å². The van der Waals surface area contributed by atoms with Crippen molar-refractivity contribution in [2.24, 2.45) is 0 Å². The lowest BCUT2D eigenvalue weighted by molar-refractivity contribution is 0.0776. The molecule has 9 heteroatoms. The summed E-state index contributed by atoms with van der Waals surface area (Å²) >= 11 is 7.29. The zero-order valence-corrected chi connectivity index (χ0v) is 15.9. The Kier molecular flexibility index (Phi) is 4.08. The van der Waals surface area contributed by atoms with Crippen LogP contribution in [0.1, 0.15) is 43.7 Å². The fourth-order valence-electron chi connectivity index (χ4n) is 4.20. The van der Waals surface area contributed by atoms with Gasteiger partial charge in [-0.1, -0.05) is 24.3 Å². The number of hydrogen-bond acceptors (Lipinski definition) is 3. The summed E-state index contributed by atoms with van der Waals surface area (Å²) in [5, 5.41) is -1.63. The lowest BCUT2D eigenvalue weighted by Crippen LogP contribution is -2.43. The number of allylic oxidation sites excluding steroid dienone is 2. The topological polar surface area (TPSA) is 37.4 Å². The van der Waals surface area contributed by atoms with Gasteiger partial charge in [0.25, 0.3) is 11.8 Å². The summed E-state index contributed by atoms with van der Waals surface area (Å²) in [5.41, 5.74) is -0.162. The second-order valence-corrected chi connectivity index (χ2v) is 8.61. The Labute approximate surface area is 171 Å². The molecule has 0 N–H and O–H groups in total. The van der Waals surface area contributed by atoms with Gasteiger partial charge in [-0.3, -0.25) is 9.59 Å². The lowest BCUT2D eigenvalue weighted by atomic mass is 9.70. The fourth-order valence-corrected chi connectivity index (χ4v) is 5.98. The van der Waals surface area contributed by atoms with Crippen LogP contribution in [0.2, 0.25) is 0 Å². The van der Waals surface area contributed by atoms with Gasteiger partial charge in [-0.15, -0.1) is 11.6 Å². The van der Waals surface area contributed by atoms with Crippen molar-refractivity contribution in [1.29, 1.82) is 0 Å². The number of carbonyl (C=O) groups excluding carboxylic acids is 2. The van der Waals surface area contributed by atoms with E-state index in [-0.39, 0.29) is 22.3 Å². The molecule has 148 valence electrons. The van der Waals surface area contributed by atoms with Gasteiger partial charge in [-0.25, -0.2) is 21.9 Å². The van der Waals surface area contributed by atoms with Crippen LogP contribution >= 0.6 is 23.5 Å². The van der Waals surface area contributed by atoms with Crippen molar-refractivity contribution in [2.45, 2.75) is 22.5 Å². The first-order chi connectivity index (χ1) is 13.8. The highest BCUT2D eigenvalue weighted by molar-refractivity contribution is 7.98. The molecule has 29 heavy (non-hydrogen) atoms. The third-order valence-corrected chi connectivity index (χ3v) is 7.59. The van der Waals surface area contributed by atoms with Gasteiger partial charge in [0.15, 0.2) is 23.3 Å². The Balaban J connectivity index is 1.56. The molecule has 0 saturated heterocycles. The zero-order valence-electron chi connectivity index (χ0n) is 14.3. The van der Waals surface area contributed by atoms with Crippen molar-refractivity contribution < 1.29 is 27.2 Å². The number of amides is 2. The standard InChI is InChI=1S/C20H10ClF4NO2S/c21-13-9-5-6-10(12-11(9)14(22)16(24)17(25)15(12)23)18(13)29-26-19(27)7-3-1-2-4-8(7)20(26)28/h1-6,9-10,13,18H/t9-,10-,13+,18-/m0/s1. The van der Waals surface area contributed by atoms with Crippen LogP contribution in [0.4, 0.5) is 17.6 Å². The van der Waals surface area contributed by atoms with Crippen LogP contribution < -0.4 is 0 Å². The summed E-state index contributed by atoms with van der Waals surface area (Å²) in [6, 6.07) is 6.28. The van der Waals surface area contributed by atoms with Crippen molar-refractivity contribution >= 4 is 35.4 Å². The predicted octanol–water partition coefficient (Wildman–Crippen LogP) is 4.91. The van der Waals surface area contributed by atoms with Gasteiger partial charge in [-0.05, 0) is 24.1 Å². The Hall–Kier alpha value is -2.32. The van der Waals surface area contributed by atoms with Crippen LogP contribution in [-0.4, -0.2) is 26.7 Å². The predicted molar refractivity (Wildman–Crippen MR) is 98.9 cm³/mol. The molecule has 0 radical (unpaired) electrons. The average molecular weight is 440 g/mol. The first-order valence-corrected chi connectivity index (χ1v) is 9.93. The third-order valence-electron chi connectivity index (χ3n) is 5.53. The SMILES string of the molecule is O=C1c2ccccc2C(=O)N1S[C@@H]1[C@H](Cl)[C@H]2C=C[C@H]1c1c(F)c(F)c(F)c(F)c12. The first-order valence-electron chi connectivity index (χ1n) is 8.65. The van der Waals surface area contributed by atoms with E-state index in [9.17, 15) is 27.2 Å². The highest BCUT2D eigenvalue weighted by Crippen LogP contribution is 2.54. The van der Waals surface area contributed by atoms with Crippen molar-refractivity contribution in [3.8, 4) is 0 Å². The number of nitrogens with zero attached hydrogens (tertiary/aromatic N) is 1. The third kappa shape index (κ3) is 2.39. The van der Waals surface area contributed by atoms with Crippen molar-refractivity contribution in [3.63, 3.8) is 0 Å². The number of halogens is 5. The normalized spacial score (nSPS) is 26.9. The second kappa shape index (κ2) is 6.34. The Morgan fingerprint density at radius 1 is 0.793 bits per heavy atom. The molecular formula is C20H10ClF4NO2S. The van der Waals surface area contributed by atoms with E-state index in [1.54, 1.807) is 12.1 Å². The Morgan fingerprint density at radius 2 is 1.28 bits per heavy atom. The summed E-state index contributed by atoms with van der Waals surface area (Å²) in [6.45, 7) is 0. The summed E-state index contributed by atoms with van der Waals surface area (Å²) < 4.78 is 57.5. The number of rotatable bonds is 2. The van der Waals surface area contributed by atoms with Gasteiger partial charge in [-0.2, -0.15) is 0 Å². The maximum absolute atomic E-state index is 14.5. The maximum atomic E-state index is 14.5. The van der Waals surface area contributed by atoms with Crippen LogP contribution in [0, 0.1) is 23.3 Å². The van der Waals surface area contributed by atoms with E-state index in [1.165, 1.54) is 24.3 Å². The molecule has 2 bridgehead atoms. The van der Waals surface area contributed by atoms with Gasteiger partial charge in [0.1, 0.15) is 0 Å². The minimum atomic E-state index is -1.89. The molecule has 4 atom stereocenters. The van der Waals surface area contributed by atoms with Crippen LogP contribution in [0.3, 0.4) is 0 Å². The molecule has 1 aliphatic heterocycles.